The number of carbonyl (C=O) groups is 1. The van der Waals surface area contributed by atoms with E-state index >= 15 is 0 Å². The molecule has 1 heterocycles. The molecule has 2 N–H and O–H groups in total. The third-order valence-corrected chi connectivity index (χ3v) is 2.89. The maximum Gasteiger partial charge on any atom is 0.416 e. The van der Waals surface area contributed by atoms with E-state index in [-0.39, 0.29) is 13.1 Å². The van der Waals surface area contributed by atoms with Crippen LogP contribution in [0, 0.1) is 0 Å². The quantitative estimate of drug-likeness (QED) is 0.912. The molecule has 0 aliphatic rings. The van der Waals surface area contributed by atoms with Crippen molar-refractivity contribution in [2.75, 3.05) is 0 Å². The van der Waals surface area contributed by atoms with E-state index in [1.807, 2.05) is 6.07 Å². The Labute approximate surface area is 125 Å². The van der Waals surface area contributed by atoms with Crippen LogP contribution in [0.5, 0.6) is 0 Å². The van der Waals surface area contributed by atoms with Crippen LogP contribution in [0.25, 0.3) is 0 Å². The molecule has 0 saturated heterocycles. The highest BCUT2D eigenvalue weighted by atomic mass is 19.4. The first-order valence-electron chi connectivity index (χ1n) is 6.53. The fourth-order valence-electron chi connectivity index (χ4n) is 1.73. The SMILES string of the molecule is O=C(NCc1ccc(C(F)(F)F)cc1)NCc1ccccn1. The molecule has 2 aromatic rings. The van der Waals surface area contributed by atoms with E-state index in [0.29, 0.717) is 11.3 Å². The molecule has 0 bridgehead atoms. The number of alkyl halides is 3. The van der Waals surface area contributed by atoms with E-state index in [1.165, 1.54) is 12.1 Å². The Morgan fingerprint density at radius 1 is 1.00 bits per heavy atom. The molecule has 0 atom stereocenters. The van der Waals surface area contributed by atoms with Crippen LogP contribution in [0.3, 0.4) is 0 Å². The molecule has 0 saturated carbocycles. The predicted octanol–water partition coefficient (Wildman–Crippen LogP) is 3.10. The summed E-state index contributed by atoms with van der Waals surface area (Å²) >= 11 is 0. The number of hydrogen-bond acceptors (Lipinski definition) is 2. The van der Waals surface area contributed by atoms with Gasteiger partial charge in [0.25, 0.3) is 0 Å². The summed E-state index contributed by atoms with van der Waals surface area (Å²) in [6.07, 6.45) is -2.73. The summed E-state index contributed by atoms with van der Waals surface area (Å²) in [5.74, 6) is 0. The van der Waals surface area contributed by atoms with Crippen LogP contribution in [-0.2, 0) is 19.3 Å². The van der Waals surface area contributed by atoms with Gasteiger partial charge in [0.2, 0.25) is 0 Å². The van der Waals surface area contributed by atoms with Crippen LogP contribution >= 0.6 is 0 Å². The number of rotatable bonds is 4. The second-order valence-corrected chi connectivity index (χ2v) is 4.55. The lowest BCUT2D eigenvalue weighted by molar-refractivity contribution is -0.137. The lowest BCUT2D eigenvalue weighted by Crippen LogP contribution is -2.34. The van der Waals surface area contributed by atoms with Gasteiger partial charge in [-0.25, -0.2) is 4.79 Å². The van der Waals surface area contributed by atoms with Gasteiger partial charge in [-0.05, 0) is 29.8 Å². The Bertz CT molecular complexity index is 612. The molecule has 4 nitrogen and oxygen atoms in total. The van der Waals surface area contributed by atoms with E-state index in [2.05, 4.69) is 15.6 Å². The molecule has 22 heavy (non-hydrogen) atoms. The molecule has 7 heteroatoms. The van der Waals surface area contributed by atoms with Gasteiger partial charge in [0, 0.05) is 12.7 Å². The normalized spacial score (nSPS) is 11.0. The first-order chi connectivity index (χ1) is 10.4. The smallest absolute Gasteiger partial charge is 0.334 e. The zero-order chi connectivity index (χ0) is 16.0. The molecule has 2 amide bonds. The minimum absolute atomic E-state index is 0.145. The van der Waals surface area contributed by atoms with E-state index < -0.39 is 17.8 Å². The standard InChI is InChI=1S/C15H14F3N3O/c16-15(17,18)12-6-4-11(5-7-12)9-20-14(22)21-10-13-3-1-2-8-19-13/h1-8H,9-10H2,(H2,20,21,22). The van der Waals surface area contributed by atoms with Crippen molar-refractivity contribution in [3.8, 4) is 0 Å². The predicted molar refractivity (Wildman–Crippen MR) is 74.8 cm³/mol. The first kappa shape index (κ1) is 15.8. The summed E-state index contributed by atoms with van der Waals surface area (Å²) in [6.45, 7) is 0.422. The van der Waals surface area contributed by atoms with Gasteiger partial charge >= 0.3 is 12.2 Å². The third-order valence-electron chi connectivity index (χ3n) is 2.89. The number of hydrogen-bond donors (Lipinski definition) is 2. The Balaban J connectivity index is 1.79. The fraction of sp³-hybridized carbons (Fsp3) is 0.200. The second kappa shape index (κ2) is 6.93. The molecule has 0 aliphatic heterocycles. The van der Waals surface area contributed by atoms with E-state index in [4.69, 9.17) is 0 Å². The topological polar surface area (TPSA) is 54.0 Å². The van der Waals surface area contributed by atoms with Gasteiger partial charge in [-0.3, -0.25) is 4.98 Å². The summed E-state index contributed by atoms with van der Waals surface area (Å²) in [4.78, 5) is 15.6. The van der Waals surface area contributed by atoms with Crippen molar-refractivity contribution in [1.29, 1.82) is 0 Å². The van der Waals surface area contributed by atoms with Crippen molar-refractivity contribution in [3.05, 3.63) is 65.5 Å². The molecular formula is C15H14F3N3O. The summed E-state index contributed by atoms with van der Waals surface area (Å²) in [6, 6.07) is 9.59. The molecule has 0 fully saturated rings. The molecule has 116 valence electrons. The number of nitrogens with zero attached hydrogens (tertiary/aromatic N) is 1. The lowest BCUT2D eigenvalue weighted by atomic mass is 10.1. The van der Waals surface area contributed by atoms with E-state index in [9.17, 15) is 18.0 Å². The van der Waals surface area contributed by atoms with Gasteiger partial charge in [-0.2, -0.15) is 13.2 Å². The van der Waals surface area contributed by atoms with Gasteiger partial charge in [-0.1, -0.05) is 18.2 Å². The van der Waals surface area contributed by atoms with Crippen molar-refractivity contribution in [2.45, 2.75) is 19.3 Å². The highest BCUT2D eigenvalue weighted by Crippen LogP contribution is 2.28. The molecule has 0 spiro atoms. The zero-order valence-corrected chi connectivity index (χ0v) is 11.5. The minimum atomic E-state index is -4.36. The average molecular weight is 309 g/mol. The van der Waals surface area contributed by atoms with E-state index in [0.717, 1.165) is 12.1 Å². The van der Waals surface area contributed by atoms with Crippen molar-refractivity contribution < 1.29 is 18.0 Å². The number of urea groups is 1. The maximum atomic E-state index is 12.4. The monoisotopic (exact) mass is 309 g/mol. The highest BCUT2D eigenvalue weighted by Gasteiger charge is 2.29. The maximum absolute atomic E-state index is 12.4. The summed E-state index contributed by atoms with van der Waals surface area (Å²) in [5, 5.41) is 5.18. The Hall–Kier alpha value is -2.57. The van der Waals surface area contributed by atoms with Crippen LogP contribution in [0.4, 0.5) is 18.0 Å². The summed E-state index contributed by atoms with van der Waals surface area (Å²) < 4.78 is 37.2. The Morgan fingerprint density at radius 2 is 1.68 bits per heavy atom. The largest absolute Gasteiger partial charge is 0.416 e. The Morgan fingerprint density at radius 3 is 2.27 bits per heavy atom. The zero-order valence-electron chi connectivity index (χ0n) is 11.5. The number of aromatic nitrogens is 1. The first-order valence-corrected chi connectivity index (χ1v) is 6.53. The summed E-state index contributed by atoms with van der Waals surface area (Å²) in [5.41, 5.74) is 0.587. The molecule has 0 radical (unpaired) electrons. The van der Waals surface area contributed by atoms with Crippen molar-refractivity contribution in [3.63, 3.8) is 0 Å². The van der Waals surface area contributed by atoms with Crippen LogP contribution < -0.4 is 10.6 Å². The lowest BCUT2D eigenvalue weighted by Gasteiger charge is -2.09. The van der Waals surface area contributed by atoms with Gasteiger partial charge in [0.05, 0.1) is 17.8 Å². The fourth-order valence-corrected chi connectivity index (χ4v) is 1.73. The van der Waals surface area contributed by atoms with Gasteiger partial charge in [-0.15, -0.1) is 0 Å². The minimum Gasteiger partial charge on any atom is -0.334 e. The van der Waals surface area contributed by atoms with Gasteiger partial charge < -0.3 is 10.6 Å². The number of pyridine rings is 1. The molecule has 0 unspecified atom stereocenters. The van der Waals surface area contributed by atoms with Gasteiger partial charge in [0.1, 0.15) is 0 Å². The van der Waals surface area contributed by atoms with E-state index in [1.54, 1.807) is 18.3 Å². The van der Waals surface area contributed by atoms with Gasteiger partial charge in [0.15, 0.2) is 0 Å². The van der Waals surface area contributed by atoms with Crippen molar-refractivity contribution >= 4 is 6.03 Å². The number of carbonyl (C=O) groups excluding carboxylic acids is 1. The van der Waals surface area contributed by atoms with Crippen molar-refractivity contribution in [2.24, 2.45) is 0 Å². The number of amides is 2. The van der Waals surface area contributed by atoms with Crippen LogP contribution in [0.1, 0.15) is 16.8 Å². The molecular weight excluding hydrogens is 295 g/mol. The third kappa shape index (κ3) is 4.76. The summed E-state index contributed by atoms with van der Waals surface area (Å²) in [7, 11) is 0. The molecule has 1 aromatic heterocycles. The number of nitrogens with one attached hydrogen (secondary N) is 2. The Kier molecular flexibility index (Phi) is 4.98. The highest BCUT2D eigenvalue weighted by molar-refractivity contribution is 5.73. The molecule has 2 rings (SSSR count). The van der Waals surface area contributed by atoms with Crippen LogP contribution in [0.15, 0.2) is 48.7 Å². The number of halogens is 3. The molecule has 1 aromatic carbocycles. The average Bonchev–Trinajstić information content (AvgIpc) is 2.51. The second-order valence-electron chi connectivity index (χ2n) is 4.55. The number of benzene rings is 1. The molecule has 0 aliphatic carbocycles. The van der Waals surface area contributed by atoms with Crippen molar-refractivity contribution in [1.82, 2.24) is 15.6 Å². The van der Waals surface area contributed by atoms with Crippen LogP contribution in [-0.4, -0.2) is 11.0 Å². The van der Waals surface area contributed by atoms with Crippen LogP contribution in [0.2, 0.25) is 0 Å².